The zero-order valence-electron chi connectivity index (χ0n) is 31.3. The van der Waals surface area contributed by atoms with E-state index in [2.05, 4.69) is 240 Å². The molecule has 0 aliphatic heterocycles. The average Bonchev–Trinajstić information content (AvgIpc) is 3.81. The molecule has 57 heavy (non-hydrogen) atoms. The normalized spacial score (nSPS) is 11.9. The predicted octanol–water partition coefficient (Wildman–Crippen LogP) is 10.9. The smallest absolute Gasteiger partial charge is 0.180 e. The van der Waals surface area contributed by atoms with Gasteiger partial charge < -0.3 is 9.13 Å². The molecule has 2 heterocycles. The molecule has 2 aromatic heterocycles. The highest BCUT2D eigenvalue weighted by Gasteiger charge is 2.42. The quantitative estimate of drug-likeness (QED) is 0.114. The van der Waals surface area contributed by atoms with Crippen LogP contribution in [-0.2, 0) is 0 Å². The Hall–Kier alpha value is -7.20. The second-order valence-corrected chi connectivity index (χ2v) is 18.6. The van der Waals surface area contributed by atoms with Gasteiger partial charge in [-0.3, -0.25) is 0 Å². The van der Waals surface area contributed by atoms with Gasteiger partial charge in [-0.05, 0) is 80.4 Å². The number of hydrogen-bond acceptors (Lipinski definition) is 0. The zero-order chi connectivity index (χ0) is 37.8. The fourth-order valence-electron chi connectivity index (χ4n) is 9.52. The van der Waals surface area contributed by atoms with Crippen LogP contribution in [0.4, 0.5) is 0 Å². The second-order valence-electron chi connectivity index (χ2n) is 14.8. The third-order valence-electron chi connectivity index (χ3n) is 11.9. The van der Waals surface area contributed by atoms with Gasteiger partial charge in [-0.2, -0.15) is 0 Å². The Kier molecular flexibility index (Phi) is 7.87. The summed E-state index contributed by atoms with van der Waals surface area (Å²) >= 11 is 0. The maximum atomic E-state index is 2.49. The topological polar surface area (TPSA) is 9.86 Å². The fourth-order valence-corrected chi connectivity index (χ4v) is 14.5. The Bertz CT molecular complexity index is 3110. The van der Waals surface area contributed by atoms with Crippen molar-refractivity contribution in [1.29, 1.82) is 0 Å². The molecule has 3 heteroatoms. The molecule has 11 rings (SSSR count). The van der Waals surface area contributed by atoms with E-state index in [1.165, 1.54) is 75.5 Å². The first-order chi connectivity index (χ1) is 28.3. The van der Waals surface area contributed by atoms with Gasteiger partial charge >= 0.3 is 0 Å². The van der Waals surface area contributed by atoms with Gasteiger partial charge in [0.15, 0.2) is 8.07 Å². The van der Waals surface area contributed by atoms with E-state index in [0.717, 1.165) is 11.4 Å². The van der Waals surface area contributed by atoms with E-state index in [1.807, 2.05) is 0 Å². The van der Waals surface area contributed by atoms with Crippen molar-refractivity contribution in [2.24, 2.45) is 0 Å². The molecular weight excluding hydrogens is 705 g/mol. The van der Waals surface area contributed by atoms with Crippen LogP contribution in [0.15, 0.2) is 231 Å². The SMILES string of the molecule is c1ccc(-n2c3ccccc3c3c2ccc2c4cc(-c5ccccc5[Si](c5ccccc5)(c5ccccc5)c5ccccc5)ccc4n(-c4ccccc4)c23)cc1. The van der Waals surface area contributed by atoms with Crippen molar-refractivity contribution < 1.29 is 0 Å². The van der Waals surface area contributed by atoms with Crippen LogP contribution in [0.25, 0.3) is 66.1 Å². The molecule has 0 amide bonds. The minimum absolute atomic E-state index is 1.15. The average molecular weight is 743 g/mol. The van der Waals surface area contributed by atoms with Crippen LogP contribution in [0.5, 0.6) is 0 Å². The van der Waals surface area contributed by atoms with Crippen LogP contribution < -0.4 is 20.7 Å². The first-order valence-electron chi connectivity index (χ1n) is 19.7. The number of nitrogens with zero attached hydrogens (tertiary/aromatic N) is 2. The lowest BCUT2D eigenvalue weighted by Crippen LogP contribution is -2.75. The lowest BCUT2D eigenvalue weighted by molar-refractivity contribution is 1.17. The Labute approximate surface area is 333 Å². The van der Waals surface area contributed by atoms with E-state index in [1.54, 1.807) is 0 Å². The Morgan fingerprint density at radius 3 is 1.40 bits per heavy atom. The van der Waals surface area contributed by atoms with E-state index in [0.29, 0.717) is 0 Å². The van der Waals surface area contributed by atoms with Crippen molar-refractivity contribution in [3.8, 4) is 22.5 Å². The zero-order valence-corrected chi connectivity index (χ0v) is 32.3. The molecule has 0 saturated carbocycles. The van der Waals surface area contributed by atoms with Crippen molar-refractivity contribution in [3.05, 3.63) is 231 Å². The number of aromatic nitrogens is 2. The lowest BCUT2D eigenvalue weighted by atomic mass is 10.0. The Morgan fingerprint density at radius 1 is 0.316 bits per heavy atom. The van der Waals surface area contributed by atoms with E-state index in [9.17, 15) is 0 Å². The van der Waals surface area contributed by atoms with Gasteiger partial charge in [-0.25, -0.2) is 0 Å². The maximum Gasteiger partial charge on any atom is 0.180 e. The molecule has 268 valence electrons. The van der Waals surface area contributed by atoms with Crippen molar-refractivity contribution in [2.75, 3.05) is 0 Å². The number of hydrogen-bond donors (Lipinski definition) is 0. The summed E-state index contributed by atoms with van der Waals surface area (Å²) in [5.41, 5.74) is 9.62. The molecular formula is C54H38N2Si. The highest BCUT2D eigenvalue weighted by molar-refractivity contribution is 7.20. The van der Waals surface area contributed by atoms with Gasteiger partial charge in [0.25, 0.3) is 0 Å². The van der Waals surface area contributed by atoms with Gasteiger partial charge in [0.2, 0.25) is 0 Å². The molecule has 0 N–H and O–H groups in total. The maximum absolute atomic E-state index is 2.80. The molecule has 0 bridgehead atoms. The van der Waals surface area contributed by atoms with Crippen molar-refractivity contribution >= 4 is 72.4 Å². The molecule has 0 aliphatic rings. The molecule has 0 fully saturated rings. The van der Waals surface area contributed by atoms with Gasteiger partial charge in [0.1, 0.15) is 0 Å². The standard InChI is InChI=1S/C54H38N2Si/c1-6-20-40(21-7-1)55-49-32-18-16-31-47(49)53-51(55)37-35-46-48-38-39(34-36-50(48)56(54(46)53)41-22-8-2-9-23-41)45-30-17-19-33-52(45)57(42-24-10-3-11-25-42,43-26-12-4-13-27-43)44-28-14-5-15-29-44/h1-38H. The Balaban J connectivity index is 1.24. The first-order valence-corrected chi connectivity index (χ1v) is 21.7. The largest absolute Gasteiger partial charge is 0.309 e. The predicted molar refractivity (Wildman–Crippen MR) is 244 cm³/mol. The fraction of sp³-hybridized carbons (Fsp3) is 0. The van der Waals surface area contributed by atoms with E-state index in [4.69, 9.17) is 0 Å². The molecule has 0 radical (unpaired) electrons. The third kappa shape index (κ3) is 5.10. The van der Waals surface area contributed by atoms with Crippen LogP contribution in [0.2, 0.25) is 0 Å². The minimum atomic E-state index is -2.80. The number of rotatable bonds is 7. The van der Waals surface area contributed by atoms with E-state index < -0.39 is 8.07 Å². The summed E-state index contributed by atoms with van der Waals surface area (Å²) in [4.78, 5) is 0. The summed E-state index contributed by atoms with van der Waals surface area (Å²) in [5.74, 6) is 0. The van der Waals surface area contributed by atoms with E-state index in [-0.39, 0.29) is 0 Å². The number of para-hydroxylation sites is 3. The van der Waals surface area contributed by atoms with Crippen molar-refractivity contribution in [2.45, 2.75) is 0 Å². The second kappa shape index (κ2) is 13.5. The van der Waals surface area contributed by atoms with Crippen LogP contribution in [0.1, 0.15) is 0 Å². The molecule has 0 unspecified atom stereocenters. The molecule has 9 aromatic carbocycles. The summed E-state index contributed by atoms with van der Waals surface area (Å²) in [7, 11) is -2.80. The Morgan fingerprint density at radius 2 is 0.789 bits per heavy atom. The van der Waals surface area contributed by atoms with Crippen LogP contribution >= 0.6 is 0 Å². The molecule has 0 aliphatic carbocycles. The van der Waals surface area contributed by atoms with Gasteiger partial charge in [0, 0.05) is 32.9 Å². The highest BCUT2D eigenvalue weighted by atomic mass is 28.3. The molecule has 2 nitrogen and oxygen atoms in total. The molecule has 0 atom stereocenters. The number of benzene rings is 9. The summed E-state index contributed by atoms with van der Waals surface area (Å²) < 4.78 is 4.90. The number of fused-ring (bicyclic) bond motifs is 7. The molecule has 0 spiro atoms. The van der Waals surface area contributed by atoms with E-state index >= 15 is 0 Å². The molecule has 0 saturated heterocycles. The summed E-state index contributed by atoms with van der Waals surface area (Å²) in [6, 6.07) is 85.1. The van der Waals surface area contributed by atoms with Crippen LogP contribution in [-0.4, -0.2) is 17.2 Å². The third-order valence-corrected chi connectivity index (χ3v) is 16.7. The van der Waals surface area contributed by atoms with Crippen molar-refractivity contribution in [3.63, 3.8) is 0 Å². The van der Waals surface area contributed by atoms with Gasteiger partial charge in [-0.15, -0.1) is 0 Å². The first kappa shape index (κ1) is 33.2. The van der Waals surface area contributed by atoms with Crippen LogP contribution in [0.3, 0.4) is 0 Å². The molecule has 11 aromatic rings. The summed E-state index contributed by atoms with van der Waals surface area (Å²) in [6.07, 6.45) is 0. The highest BCUT2D eigenvalue weighted by Crippen LogP contribution is 2.42. The summed E-state index contributed by atoms with van der Waals surface area (Å²) in [5, 5.41) is 10.5. The summed E-state index contributed by atoms with van der Waals surface area (Å²) in [6.45, 7) is 0. The van der Waals surface area contributed by atoms with Crippen molar-refractivity contribution in [1.82, 2.24) is 9.13 Å². The van der Waals surface area contributed by atoms with Gasteiger partial charge in [-0.1, -0.05) is 182 Å². The minimum Gasteiger partial charge on any atom is -0.309 e. The van der Waals surface area contributed by atoms with Gasteiger partial charge in [0.05, 0.1) is 22.1 Å². The lowest BCUT2D eigenvalue weighted by Gasteiger charge is -2.36. The monoisotopic (exact) mass is 742 g/mol. The van der Waals surface area contributed by atoms with Crippen LogP contribution in [0, 0.1) is 0 Å².